The van der Waals surface area contributed by atoms with Gasteiger partial charge in [-0.3, -0.25) is 0 Å². The molecule has 0 radical (unpaired) electrons. The van der Waals surface area contributed by atoms with Crippen LogP contribution in [-0.4, -0.2) is 32.6 Å². The van der Waals surface area contributed by atoms with Gasteiger partial charge in [-0.1, -0.05) is 19.9 Å². The predicted molar refractivity (Wildman–Crippen MR) is 106 cm³/mol. The van der Waals surface area contributed by atoms with Crippen LogP contribution in [0.2, 0.25) is 0 Å². The molecule has 1 aliphatic heterocycles. The highest BCUT2D eigenvalue weighted by Gasteiger charge is 2.25. The second-order valence-corrected chi connectivity index (χ2v) is 7.95. The van der Waals surface area contributed by atoms with Gasteiger partial charge in [-0.2, -0.15) is 0 Å². The highest BCUT2D eigenvalue weighted by molar-refractivity contribution is 7.07. The zero-order valence-electron chi connectivity index (χ0n) is 15.4. The summed E-state index contributed by atoms with van der Waals surface area (Å²) < 4.78 is 2.26. The lowest BCUT2D eigenvalue weighted by molar-refractivity contribution is 0.467. The first-order valence-corrected chi connectivity index (χ1v) is 10.2. The van der Waals surface area contributed by atoms with Crippen molar-refractivity contribution in [3.8, 4) is 0 Å². The average molecular weight is 368 g/mol. The van der Waals surface area contributed by atoms with Crippen molar-refractivity contribution in [2.24, 2.45) is 0 Å². The van der Waals surface area contributed by atoms with Crippen LogP contribution in [0.3, 0.4) is 0 Å². The molecule has 0 unspecified atom stereocenters. The fourth-order valence-electron chi connectivity index (χ4n) is 3.61. The summed E-state index contributed by atoms with van der Waals surface area (Å²) in [7, 11) is 0. The number of imidazole rings is 1. The molecule has 0 amide bonds. The highest BCUT2D eigenvalue weighted by atomic mass is 32.1. The van der Waals surface area contributed by atoms with Crippen LogP contribution in [0, 0.1) is 0 Å². The number of hydrogen-bond acceptors (Lipinski definition) is 5. The van der Waals surface area contributed by atoms with Crippen LogP contribution in [0.5, 0.6) is 0 Å². The van der Waals surface area contributed by atoms with E-state index >= 15 is 0 Å². The van der Waals surface area contributed by atoms with Gasteiger partial charge >= 0.3 is 0 Å². The number of hydrogen-bond donors (Lipinski definition) is 0. The molecule has 6 heteroatoms. The Bertz CT molecular complexity index is 832. The summed E-state index contributed by atoms with van der Waals surface area (Å²) in [6, 6.07) is 6.38. The lowest BCUT2D eigenvalue weighted by Crippen LogP contribution is -2.34. The number of anilines is 1. The second kappa shape index (κ2) is 7.58. The Hall–Kier alpha value is -2.21. The Morgan fingerprint density at radius 2 is 2.04 bits per heavy atom. The van der Waals surface area contributed by atoms with Crippen LogP contribution >= 0.6 is 11.3 Å². The number of nitrogens with zero attached hydrogens (tertiary/aromatic N) is 5. The van der Waals surface area contributed by atoms with E-state index < -0.39 is 0 Å². The molecule has 0 aromatic carbocycles. The summed E-state index contributed by atoms with van der Waals surface area (Å²) in [4.78, 5) is 16.3. The van der Waals surface area contributed by atoms with Crippen molar-refractivity contribution < 1.29 is 0 Å². The van der Waals surface area contributed by atoms with E-state index in [4.69, 9.17) is 4.98 Å². The molecule has 1 aliphatic rings. The number of rotatable bonds is 5. The van der Waals surface area contributed by atoms with Crippen molar-refractivity contribution in [1.82, 2.24) is 19.5 Å². The Kier molecular flexibility index (Phi) is 5.02. The molecule has 4 heterocycles. The molecule has 4 rings (SSSR count). The maximum absolute atomic E-state index is 4.85. The van der Waals surface area contributed by atoms with E-state index in [0.717, 1.165) is 44.0 Å². The first-order valence-electron chi connectivity index (χ1n) is 9.30. The van der Waals surface area contributed by atoms with Crippen molar-refractivity contribution in [1.29, 1.82) is 0 Å². The standard InChI is InChI=1S/C20H25N5S/c1-15(2)18-4-3-5-19(23-18)24-9-6-16(7-10-24)20-21-8-11-25(20)12-17-13-26-14-22-17/h3-5,8,11,13-16H,6-7,9-10,12H2,1-2H3. The summed E-state index contributed by atoms with van der Waals surface area (Å²) in [6.07, 6.45) is 6.22. The fourth-order valence-corrected chi connectivity index (χ4v) is 4.16. The molecule has 0 spiro atoms. The number of aromatic nitrogens is 4. The second-order valence-electron chi connectivity index (χ2n) is 7.23. The van der Waals surface area contributed by atoms with Gasteiger partial charge in [0.25, 0.3) is 0 Å². The van der Waals surface area contributed by atoms with E-state index in [1.165, 1.54) is 11.5 Å². The van der Waals surface area contributed by atoms with Crippen molar-refractivity contribution in [3.05, 3.63) is 58.7 Å². The zero-order valence-corrected chi connectivity index (χ0v) is 16.2. The van der Waals surface area contributed by atoms with Crippen LogP contribution in [0.4, 0.5) is 5.82 Å². The molecule has 0 aliphatic carbocycles. The van der Waals surface area contributed by atoms with Crippen molar-refractivity contribution in [2.75, 3.05) is 18.0 Å². The van der Waals surface area contributed by atoms with Crippen molar-refractivity contribution in [3.63, 3.8) is 0 Å². The smallest absolute Gasteiger partial charge is 0.128 e. The molecule has 26 heavy (non-hydrogen) atoms. The molecule has 0 saturated carbocycles. The molecule has 136 valence electrons. The first kappa shape index (κ1) is 17.2. The Labute approximate surface area is 158 Å². The molecule has 1 fully saturated rings. The topological polar surface area (TPSA) is 46.8 Å². The Morgan fingerprint density at radius 3 is 2.77 bits per heavy atom. The molecule has 1 saturated heterocycles. The summed E-state index contributed by atoms with van der Waals surface area (Å²) in [5, 5.41) is 2.11. The quantitative estimate of drug-likeness (QED) is 0.675. The van der Waals surface area contributed by atoms with Gasteiger partial charge in [0, 0.05) is 42.5 Å². The van der Waals surface area contributed by atoms with Gasteiger partial charge in [0.05, 0.1) is 17.7 Å². The minimum atomic E-state index is 0.464. The number of pyridine rings is 1. The van der Waals surface area contributed by atoms with Gasteiger partial charge in [-0.05, 0) is 30.9 Å². The van der Waals surface area contributed by atoms with Crippen molar-refractivity contribution in [2.45, 2.75) is 45.1 Å². The normalized spacial score (nSPS) is 15.7. The van der Waals surface area contributed by atoms with Crippen LogP contribution in [0.1, 0.15) is 55.7 Å². The highest BCUT2D eigenvalue weighted by Crippen LogP contribution is 2.29. The van der Waals surface area contributed by atoms with E-state index in [9.17, 15) is 0 Å². The van der Waals surface area contributed by atoms with Crippen LogP contribution in [0.15, 0.2) is 41.5 Å². The largest absolute Gasteiger partial charge is 0.357 e. The van der Waals surface area contributed by atoms with Gasteiger partial charge in [0.2, 0.25) is 0 Å². The van der Waals surface area contributed by atoms with E-state index in [1.807, 2.05) is 11.7 Å². The van der Waals surface area contributed by atoms with E-state index in [2.05, 4.69) is 63.1 Å². The maximum Gasteiger partial charge on any atom is 0.128 e. The number of thiazole rings is 1. The number of piperidine rings is 1. The molecule has 5 nitrogen and oxygen atoms in total. The van der Waals surface area contributed by atoms with E-state index in [0.29, 0.717) is 11.8 Å². The summed E-state index contributed by atoms with van der Waals surface area (Å²) in [5.41, 5.74) is 4.17. The Balaban J connectivity index is 1.43. The monoisotopic (exact) mass is 367 g/mol. The van der Waals surface area contributed by atoms with Crippen molar-refractivity contribution >= 4 is 17.2 Å². The molecule has 0 bridgehead atoms. The zero-order chi connectivity index (χ0) is 17.9. The minimum absolute atomic E-state index is 0.464. The minimum Gasteiger partial charge on any atom is -0.357 e. The SMILES string of the molecule is CC(C)c1cccc(N2CCC(c3nccn3Cc3cscn3)CC2)n1. The fraction of sp³-hybridized carbons (Fsp3) is 0.450. The van der Waals surface area contributed by atoms with Gasteiger partial charge in [-0.15, -0.1) is 11.3 Å². The summed E-state index contributed by atoms with van der Waals surface area (Å²) >= 11 is 1.65. The van der Waals surface area contributed by atoms with Crippen LogP contribution in [0.25, 0.3) is 0 Å². The van der Waals surface area contributed by atoms with Gasteiger partial charge in [0.15, 0.2) is 0 Å². The third-order valence-corrected chi connectivity index (χ3v) is 5.73. The van der Waals surface area contributed by atoms with E-state index in [-0.39, 0.29) is 0 Å². The van der Waals surface area contributed by atoms with E-state index in [1.54, 1.807) is 11.3 Å². The first-order chi connectivity index (χ1) is 12.7. The molecule has 3 aromatic rings. The molecular formula is C20H25N5S. The van der Waals surface area contributed by atoms with Gasteiger partial charge in [0.1, 0.15) is 11.6 Å². The predicted octanol–water partition coefficient (Wildman–Crippen LogP) is 4.29. The summed E-state index contributed by atoms with van der Waals surface area (Å²) in [6.45, 7) is 7.27. The molecule has 0 atom stereocenters. The van der Waals surface area contributed by atoms with Gasteiger partial charge in [-0.25, -0.2) is 15.0 Å². The Morgan fingerprint density at radius 1 is 1.19 bits per heavy atom. The molecule has 3 aromatic heterocycles. The maximum atomic E-state index is 4.85. The lowest BCUT2D eigenvalue weighted by Gasteiger charge is -2.33. The lowest BCUT2D eigenvalue weighted by atomic mass is 9.95. The summed E-state index contributed by atoms with van der Waals surface area (Å²) in [5.74, 6) is 3.28. The third-order valence-electron chi connectivity index (χ3n) is 5.10. The van der Waals surface area contributed by atoms with Gasteiger partial charge < -0.3 is 9.47 Å². The molecular weight excluding hydrogens is 342 g/mol. The van der Waals surface area contributed by atoms with Crippen LogP contribution in [-0.2, 0) is 6.54 Å². The third kappa shape index (κ3) is 3.65. The molecule has 0 N–H and O–H groups in total. The van der Waals surface area contributed by atoms with Crippen LogP contribution < -0.4 is 4.90 Å². The average Bonchev–Trinajstić information content (AvgIpc) is 3.34.